The zero-order chi connectivity index (χ0) is 17.7. The zero-order valence-corrected chi connectivity index (χ0v) is 13.7. The average molecular weight is 344 g/mol. The van der Waals surface area contributed by atoms with Crippen LogP contribution in [0.15, 0.2) is 18.2 Å². The summed E-state index contributed by atoms with van der Waals surface area (Å²) in [5.74, 6) is -0.605. The normalized spacial score (nSPS) is 16.8. The third-order valence-corrected chi connectivity index (χ3v) is 4.11. The van der Waals surface area contributed by atoms with Gasteiger partial charge in [-0.05, 0) is 50.3 Å². The molecule has 4 nitrogen and oxygen atoms in total. The second-order valence-electron chi connectivity index (χ2n) is 5.96. The molecule has 0 saturated carbocycles. The molecule has 1 aliphatic heterocycles. The van der Waals surface area contributed by atoms with Crippen molar-refractivity contribution >= 4 is 11.7 Å². The summed E-state index contributed by atoms with van der Waals surface area (Å²) in [5, 5.41) is 0. The maximum Gasteiger partial charge on any atom is 0.418 e. The number of nitrogens with zero attached hydrogens (tertiary/aromatic N) is 1. The molecule has 1 aromatic rings. The van der Waals surface area contributed by atoms with Gasteiger partial charge in [0.25, 0.3) is 0 Å². The maximum absolute atomic E-state index is 13.5. The first kappa shape index (κ1) is 18.6. The number of alkyl halides is 3. The van der Waals surface area contributed by atoms with Gasteiger partial charge >= 0.3 is 12.1 Å². The highest BCUT2D eigenvalue weighted by molar-refractivity contribution is 5.76. The van der Waals surface area contributed by atoms with Crippen LogP contribution >= 0.6 is 0 Å². The van der Waals surface area contributed by atoms with Crippen LogP contribution in [0.4, 0.5) is 18.9 Å². The Morgan fingerprint density at radius 2 is 1.96 bits per heavy atom. The number of carbonyl (C=O) groups is 1. The number of esters is 1. The minimum absolute atomic E-state index is 0.0161. The van der Waals surface area contributed by atoms with Crippen molar-refractivity contribution in [3.63, 3.8) is 0 Å². The van der Waals surface area contributed by atoms with Gasteiger partial charge in [-0.25, -0.2) is 0 Å². The van der Waals surface area contributed by atoms with Crippen molar-refractivity contribution in [2.75, 3.05) is 24.6 Å². The lowest BCUT2D eigenvalue weighted by atomic mass is 10.0. The molecule has 1 saturated heterocycles. The van der Waals surface area contributed by atoms with Crippen LogP contribution in [0.2, 0.25) is 0 Å². The van der Waals surface area contributed by atoms with Crippen LogP contribution in [0.5, 0.6) is 0 Å². The quantitative estimate of drug-likeness (QED) is 0.834. The lowest BCUT2D eigenvalue weighted by Crippen LogP contribution is -2.34. The van der Waals surface area contributed by atoms with Gasteiger partial charge < -0.3 is 15.4 Å². The van der Waals surface area contributed by atoms with Crippen LogP contribution in [-0.4, -0.2) is 31.7 Å². The monoisotopic (exact) mass is 344 g/mol. The molecule has 7 heteroatoms. The molecule has 1 heterocycles. The SMILES string of the molecule is CCOC(=O)C(N)Cc1ccc(N2CCCCC2)c(C(F)(F)F)c1. The number of hydrogen-bond donors (Lipinski definition) is 1. The van der Waals surface area contributed by atoms with Crippen LogP contribution in [0.1, 0.15) is 37.3 Å². The Labute approximate surface area is 139 Å². The van der Waals surface area contributed by atoms with E-state index in [0.29, 0.717) is 18.7 Å². The first-order valence-corrected chi connectivity index (χ1v) is 8.20. The Kier molecular flexibility index (Phi) is 6.10. The Morgan fingerprint density at radius 1 is 1.29 bits per heavy atom. The van der Waals surface area contributed by atoms with E-state index in [1.54, 1.807) is 17.9 Å². The number of piperidine rings is 1. The van der Waals surface area contributed by atoms with Crippen LogP contribution in [-0.2, 0) is 22.1 Å². The van der Waals surface area contributed by atoms with E-state index < -0.39 is 23.8 Å². The molecule has 1 atom stereocenters. The molecule has 0 aliphatic carbocycles. The third-order valence-electron chi connectivity index (χ3n) is 4.11. The van der Waals surface area contributed by atoms with Crippen molar-refractivity contribution in [1.82, 2.24) is 0 Å². The highest BCUT2D eigenvalue weighted by atomic mass is 19.4. The number of halogens is 3. The van der Waals surface area contributed by atoms with Gasteiger partial charge in [-0.3, -0.25) is 4.79 Å². The van der Waals surface area contributed by atoms with E-state index in [-0.39, 0.29) is 18.7 Å². The molecule has 0 spiro atoms. The molecule has 1 aliphatic rings. The summed E-state index contributed by atoms with van der Waals surface area (Å²) in [6.07, 6.45) is -1.59. The Hall–Kier alpha value is -1.76. The third kappa shape index (κ3) is 4.63. The van der Waals surface area contributed by atoms with Crippen molar-refractivity contribution < 1.29 is 22.7 Å². The molecule has 0 radical (unpaired) electrons. The summed E-state index contributed by atoms with van der Waals surface area (Å²) in [4.78, 5) is 13.3. The largest absolute Gasteiger partial charge is 0.465 e. The molecule has 134 valence electrons. The van der Waals surface area contributed by atoms with Crippen molar-refractivity contribution in [3.05, 3.63) is 29.3 Å². The lowest BCUT2D eigenvalue weighted by molar-refractivity contribution is -0.144. The predicted molar refractivity (Wildman–Crippen MR) is 85.8 cm³/mol. The van der Waals surface area contributed by atoms with Gasteiger partial charge in [0.05, 0.1) is 12.2 Å². The summed E-state index contributed by atoms with van der Waals surface area (Å²) in [5.41, 5.74) is 5.62. The number of nitrogens with two attached hydrogens (primary N) is 1. The van der Waals surface area contributed by atoms with Crippen LogP contribution < -0.4 is 10.6 Å². The van der Waals surface area contributed by atoms with Gasteiger partial charge in [0.1, 0.15) is 6.04 Å². The number of benzene rings is 1. The summed E-state index contributed by atoms with van der Waals surface area (Å²) in [6, 6.07) is 3.23. The van der Waals surface area contributed by atoms with Gasteiger partial charge in [0, 0.05) is 18.8 Å². The van der Waals surface area contributed by atoms with Gasteiger partial charge in [-0.15, -0.1) is 0 Å². The molecule has 0 bridgehead atoms. The lowest BCUT2D eigenvalue weighted by Gasteiger charge is -2.31. The molecule has 1 aromatic carbocycles. The molecule has 2 rings (SSSR count). The highest BCUT2D eigenvalue weighted by Gasteiger charge is 2.35. The van der Waals surface area contributed by atoms with Crippen molar-refractivity contribution in [2.24, 2.45) is 5.73 Å². The number of rotatable bonds is 5. The van der Waals surface area contributed by atoms with E-state index in [2.05, 4.69) is 0 Å². The van der Waals surface area contributed by atoms with Crippen LogP contribution in [0, 0.1) is 0 Å². The molecule has 2 N–H and O–H groups in total. The summed E-state index contributed by atoms with van der Waals surface area (Å²) in [7, 11) is 0. The first-order valence-electron chi connectivity index (χ1n) is 8.20. The smallest absolute Gasteiger partial charge is 0.418 e. The van der Waals surface area contributed by atoms with E-state index in [4.69, 9.17) is 10.5 Å². The maximum atomic E-state index is 13.5. The Bertz CT molecular complexity index is 569. The van der Waals surface area contributed by atoms with Crippen LogP contribution in [0.3, 0.4) is 0 Å². The van der Waals surface area contributed by atoms with Crippen molar-refractivity contribution in [2.45, 2.75) is 44.8 Å². The number of carbonyl (C=O) groups excluding carboxylic acids is 1. The molecule has 0 aromatic heterocycles. The van der Waals surface area contributed by atoms with Crippen molar-refractivity contribution in [3.8, 4) is 0 Å². The summed E-state index contributed by atoms with van der Waals surface area (Å²) >= 11 is 0. The van der Waals surface area contributed by atoms with Gasteiger partial charge in [-0.1, -0.05) is 6.07 Å². The number of ether oxygens (including phenoxy) is 1. The van der Waals surface area contributed by atoms with Gasteiger partial charge in [-0.2, -0.15) is 13.2 Å². The number of anilines is 1. The summed E-state index contributed by atoms with van der Waals surface area (Å²) in [6.45, 7) is 3.10. The van der Waals surface area contributed by atoms with Gasteiger partial charge in [0.2, 0.25) is 0 Å². The molecular weight excluding hydrogens is 321 g/mol. The van der Waals surface area contributed by atoms with Crippen molar-refractivity contribution in [1.29, 1.82) is 0 Å². The van der Waals surface area contributed by atoms with E-state index in [1.807, 2.05) is 0 Å². The summed E-state index contributed by atoms with van der Waals surface area (Å²) < 4.78 is 45.1. The van der Waals surface area contributed by atoms with E-state index >= 15 is 0 Å². The minimum Gasteiger partial charge on any atom is -0.465 e. The van der Waals surface area contributed by atoms with E-state index in [9.17, 15) is 18.0 Å². The first-order chi connectivity index (χ1) is 11.3. The fraction of sp³-hybridized carbons (Fsp3) is 0.588. The second-order valence-corrected chi connectivity index (χ2v) is 5.96. The average Bonchev–Trinajstić information content (AvgIpc) is 2.55. The predicted octanol–water partition coefficient (Wildman–Crippen LogP) is 3.13. The van der Waals surface area contributed by atoms with Gasteiger partial charge in [0.15, 0.2) is 0 Å². The fourth-order valence-corrected chi connectivity index (χ4v) is 2.93. The molecular formula is C17H23F3N2O2. The highest BCUT2D eigenvalue weighted by Crippen LogP contribution is 2.38. The molecule has 0 amide bonds. The molecule has 24 heavy (non-hydrogen) atoms. The van der Waals surface area contributed by atoms with Crippen LogP contribution in [0.25, 0.3) is 0 Å². The zero-order valence-electron chi connectivity index (χ0n) is 13.7. The topological polar surface area (TPSA) is 55.6 Å². The fourth-order valence-electron chi connectivity index (χ4n) is 2.93. The second kappa shape index (κ2) is 7.88. The van der Waals surface area contributed by atoms with E-state index in [1.165, 1.54) is 6.07 Å². The van der Waals surface area contributed by atoms with E-state index in [0.717, 1.165) is 25.3 Å². The standard InChI is InChI=1S/C17H23F3N2O2/c1-2-24-16(23)14(21)11-12-6-7-15(13(10-12)17(18,19)20)22-8-4-3-5-9-22/h6-7,10,14H,2-5,8-9,11,21H2,1H3. The molecule has 1 fully saturated rings. The Morgan fingerprint density at radius 3 is 2.54 bits per heavy atom. The number of hydrogen-bond acceptors (Lipinski definition) is 4. The Balaban J connectivity index is 2.24. The minimum atomic E-state index is -4.45. The molecule has 1 unspecified atom stereocenters.